The van der Waals surface area contributed by atoms with E-state index in [0.29, 0.717) is 28.3 Å². The van der Waals surface area contributed by atoms with Gasteiger partial charge in [-0.25, -0.2) is 0 Å². The quantitative estimate of drug-likeness (QED) is 0.192. The standard InChI is InChI=1S/C25H20N2O7/c1-33-19-10-6-15(7-11-19)23(28)21-22(16-4-3-5-18(14-16)27(31)32)26(25(30)24(21)29)17-8-12-20(34-2)13-9-17/h3-14,22,28H,1-2H3/b23-21-. The van der Waals surface area contributed by atoms with Crippen LogP contribution >= 0.6 is 0 Å². The molecule has 3 aromatic rings. The van der Waals surface area contributed by atoms with E-state index < -0.39 is 28.4 Å². The van der Waals surface area contributed by atoms with Gasteiger partial charge in [0.2, 0.25) is 0 Å². The Morgan fingerprint density at radius 3 is 2.09 bits per heavy atom. The SMILES string of the molecule is COc1ccc(/C(O)=C2/C(=O)C(=O)N(c3ccc(OC)cc3)C2c2cccc([N+](=O)[O-])c2)cc1. The second kappa shape index (κ2) is 9.07. The molecule has 1 aliphatic heterocycles. The fourth-order valence-corrected chi connectivity index (χ4v) is 3.87. The number of benzene rings is 3. The zero-order valence-corrected chi connectivity index (χ0v) is 18.3. The number of anilines is 1. The minimum absolute atomic E-state index is 0.175. The largest absolute Gasteiger partial charge is 0.507 e. The van der Waals surface area contributed by atoms with Gasteiger partial charge in [-0.2, -0.15) is 0 Å². The molecular weight excluding hydrogens is 440 g/mol. The highest BCUT2D eigenvalue weighted by atomic mass is 16.6. The molecular formula is C25H20N2O7. The van der Waals surface area contributed by atoms with Gasteiger partial charge in [0, 0.05) is 23.4 Å². The molecule has 1 aliphatic rings. The minimum atomic E-state index is -1.09. The molecule has 9 nitrogen and oxygen atoms in total. The van der Waals surface area contributed by atoms with Crippen molar-refractivity contribution >= 4 is 28.8 Å². The summed E-state index contributed by atoms with van der Waals surface area (Å²) in [6, 6.07) is 17.3. The van der Waals surface area contributed by atoms with Crippen molar-refractivity contribution < 1.29 is 29.1 Å². The summed E-state index contributed by atoms with van der Waals surface area (Å²) in [7, 11) is 3.00. The topological polar surface area (TPSA) is 119 Å². The van der Waals surface area contributed by atoms with Crippen molar-refractivity contribution in [3.05, 3.63) is 99.6 Å². The summed E-state index contributed by atoms with van der Waals surface area (Å²) in [5, 5.41) is 22.5. The number of non-ortho nitro benzene ring substituents is 1. The van der Waals surface area contributed by atoms with Crippen LogP contribution in [0, 0.1) is 10.1 Å². The molecule has 0 radical (unpaired) electrons. The van der Waals surface area contributed by atoms with Gasteiger partial charge in [-0.15, -0.1) is 0 Å². The molecule has 34 heavy (non-hydrogen) atoms. The molecule has 3 aromatic carbocycles. The molecule has 172 valence electrons. The van der Waals surface area contributed by atoms with Crippen LogP contribution in [-0.2, 0) is 9.59 Å². The van der Waals surface area contributed by atoms with Gasteiger partial charge in [0.1, 0.15) is 17.3 Å². The Morgan fingerprint density at radius 2 is 1.53 bits per heavy atom. The average molecular weight is 460 g/mol. The van der Waals surface area contributed by atoms with Gasteiger partial charge in [0.15, 0.2) is 0 Å². The Bertz CT molecular complexity index is 1300. The lowest BCUT2D eigenvalue weighted by atomic mass is 9.94. The number of carbonyl (C=O) groups is 2. The zero-order valence-electron chi connectivity index (χ0n) is 18.3. The first-order valence-corrected chi connectivity index (χ1v) is 10.2. The molecule has 1 amide bonds. The average Bonchev–Trinajstić information content (AvgIpc) is 3.14. The van der Waals surface area contributed by atoms with Crippen LogP contribution in [0.25, 0.3) is 5.76 Å². The van der Waals surface area contributed by atoms with E-state index >= 15 is 0 Å². The second-order valence-corrected chi connectivity index (χ2v) is 7.45. The molecule has 9 heteroatoms. The van der Waals surface area contributed by atoms with Crippen molar-refractivity contribution in [3.63, 3.8) is 0 Å². The predicted octanol–water partition coefficient (Wildman–Crippen LogP) is 4.24. The highest BCUT2D eigenvalue weighted by molar-refractivity contribution is 6.51. The second-order valence-electron chi connectivity index (χ2n) is 7.45. The molecule has 0 spiro atoms. The molecule has 0 aromatic heterocycles. The summed E-state index contributed by atoms with van der Waals surface area (Å²) >= 11 is 0. The predicted molar refractivity (Wildman–Crippen MR) is 124 cm³/mol. The summed E-state index contributed by atoms with van der Waals surface area (Å²) in [6.07, 6.45) is 0. The minimum Gasteiger partial charge on any atom is -0.507 e. The van der Waals surface area contributed by atoms with Crippen LogP contribution in [0.2, 0.25) is 0 Å². The van der Waals surface area contributed by atoms with Gasteiger partial charge in [0.05, 0.1) is 30.8 Å². The Balaban J connectivity index is 1.93. The molecule has 1 unspecified atom stereocenters. The molecule has 0 aliphatic carbocycles. The van der Waals surface area contributed by atoms with Gasteiger partial charge >= 0.3 is 0 Å². The summed E-state index contributed by atoms with van der Waals surface area (Å²) in [4.78, 5) is 38.4. The summed E-state index contributed by atoms with van der Waals surface area (Å²) in [5.41, 5.74) is 0.588. The van der Waals surface area contributed by atoms with Crippen LogP contribution < -0.4 is 14.4 Å². The Kier molecular flexibility index (Phi) is 6.01. The highest BCUT2D eigenvalue weighted by Crippen LogP contribution is 2.43. The first-order chi connectivity index (χ1) is 16.3. The van der Waals surface area contributed by atoms with Crippen molar-refractivity contribution in [2.75, 3.05) is 19.1 Å². The maximum absolute atomic E-state index is 13.2. The van der Waals surface area contributed by atoms with E-state index in [1.165, 1.54) is 37.3 Å². The maximum atomic E-state index is 13.2. The first kappa shape index (κ1) is 22.5. The van der Waals surface area contributed by atoms with Crippen LogP contribution in [0.1, 0.15) is 17.2 Å². The number of ketones is 1. The number of hydrogen-bond acceptors (Lipinski definition) is 7. The number of ether oxygens (including phenoxy) is 2. The molecule has 4 rings (SSSR count). The van der Waals surface area contributed by atoms with Gasteiger partial charge in [-0.1, -0.05) is 12.1 Å². The van der Waals surface area contributed by atoms with Gasteiger partial charge < -0.3 is 14.6 Å². The van der Waals surface area contributed by atoms with E-state index in [1.807, 2.05) is 0 Å². The molecule has 0 saturated carbocycles. The van der Waals surface area contributed by atoms with Crippen LogP contribution in [0.15, 0.2) is 78.4 Å². The number of aliphatic hydroxyl groups is 1. The molecule has 1 fully saturated rings. The Morgan fingerprint density at radius 1 is 0.941 bits per heavy atom. The number of methoxy groups -OCH3 is 2. The number of amides is 1. The Hall–Kier alpha value is -4.66. The van der Waals surface area contributed by atoms with E-state index in [-0.39, 0.29) is 11.3 Å². The fraction of sp³-hybridized carbons (Fsp3) is 0.120. The lowest BCUT2D eigenvalue weighted by Crippen LogP contribution is -2.29. The van der Waals surface area contributed by atoms with Crippen LogP contribution in [0.5, 0.6) is 11.5 Å². The van der Waals surface area contributed by atoms with Gasteiger partial charge in [-0.3, -0.25) is 24.6 Å². The lowest BCUT2D eigenvalue weighted by molar-refractivity contribution is -0.384. The molecule has 1 N–H and O–H groups in total. The van der Waals surface area contributed by atoms with E-state index in [9.17, 15) is 24.8 Å². The van der Waals surface area contributed by atoms with Crippen molar-refractivity contribution in [1.29, 1.82) is 0 Å². The lowest BCUT2D eigenvalue weighted by Gasteiger charge is -2.25. The summed E-state index contributed by atoms with van der Waals surface area (Å²) in [5.74, 6) is -1.07. The molecule has 1 saturated heterocycles. The van der Waals surface area contributed by atoms with E-state index in [0.717, 1.165) is 0 Å². The van der Waals surface area contributed by atoms with Crippen molar-refractivity contribution in [3.8, 4) is 11.5 Å². The first-order valence-electron chi connectivity index (χ1n) is 10.2. The van der Waals surface area contributed by atoms with Gasteiger partial charge in [0.25, 0.3) is 17.4 Å². The van der Waals surface area contributed by atoms with Crippen molar-refractivity contribution in [2.45, 2.75) is 6.04 Å². The zero-order chi connectivity index (χ0) is 24.4. The van der Waals surface area contributed by atoms with E-state index in [1.54, 1.807) is 54.6 Å². The monoisotopic (exact) mass is 460 g/mol. The third-order valence-electron chi connectivity index (χ3n) is 5.56. The third kappa shape index (κ3) is 3.95. The van der Waals surface area contributed by atoms with Crippen molar-refractivity contribution in [2.24, 2.45) is 0 Å². The number of aliphatic hydroxyl groups excluding tert-OH is 1. The normalized spacial score (nSPS) is 17.0. The maximum Gasteiger partial charge on any atom is 0.300 e. The summed E-state index contributed by atoms with van der Waals surface area (Å²) in [6.45, 7) is 0. The van der Waals surface area contributed by atoms with Crippen molar-refractivity contribution in [1.82, 2.24) is 0 Å². The number of Topliss-reactive ketones (excluding diaryl/α,β-unsaturated/α-hetero) is 1. The molecule has 0 bridgehead atoms. The molecule has 1 atom stereocenters. The smallest absolute Gasteiger partial charge is 0.300 e. The number of nitrogens with zero attached hydrogens (tertiary/aromatic N) is 2. The number of nitro groups is 1. The van der Waals surface area contributed by atoms with E-state index in [2.05, 4.69) is 0 Å². The molecule has 1 heterocycles. The number of hydrogen-bond donors (Lipinski definition) is 1. The van der Waals surface area contributed by atoms with Gasteiger partial charge in [-0.05, 0) is 54.1 Å². The summed E-state index contributed by atoms with van der Waals surface area (Å²) < 4.78 is 10.3. The van der Waals surface area contributed by atoms with Crippen LogP contribution in [0.4, 0.5) is 11.4 Å². The fourth-order valence-electron chi connectivity index (χ4n) is 3.87. The number of rotatable bonds is 6. The number of carbonyl (C=O) groups excluding carboxylic acids is 2. The highest BCUT2D eigenvalue weighted by Gasteiger charge is 2.47. The van der Waals surface area contributed by atoms with Crippen LogP contribution in [-0.4, -0.2) is 35.9 Å². The number of nitro benzene ring substituents is 1. The van der Waals surface area contributed by atoms with E-state index in [4.69, 9.17) is 9.47 Å². The third-order valence-corrected chi connectivity index (χ3v) is 5.56. The van der Waals surface area contributed by atoms with Crippen LogP contribution in [0.3, 0.4) is 0 Å². The Labute approximate surface area is 194 Å².